The SMILES string of the molecule is Cc1ccccc1-c1n[nH]c(CCC(=O)O)c1C. The number of aliphatic carboxylic acids is 1. The highest BCUT2D eigenvalue weighted by Crippen LogP contribution is 2.26. The summed E-state index contributed by atoms with van der Waals surface area (Å²) in [6.45, 7) is 4.02. The van der Waals surface area contributed by atoms with E-state index < -0.39 is 5.97 Å². The van der Waals surface area contributed by atoms with Crippen LogP contribution in [0.1, 0.15) is 23.2 Å². The number of nitrogens with one attached hydrogen (secondary N) is 1. The first-order valence-corrected chi connectivity index (χ1v) is 5.91. The van der Waals surface area contributed by atoms with Crippen molar-refractivity contribution >= 4 is 5.97 Å². The zero-order valence-corrected chi connectivity index (χ0v) is 10.5. The molecule has 0 aliphatic carbocycles. The van der Waals surface area contributed by atoms with Gasteiger partial charge in [0.05, 0.1) is 12.1 Å². The molecule has 0 spiro atoms. The van der Waals surface area contributed by atoms with Crippen LogP contribution in [0.2, 0.25) is 0 Å². The third-order valence-corrected chi connectivity index (χ3v) is 3.10. The average Bonchev–Trinajstić information content (AvgIpc) is 2.69. The predicted molar refractivity (Wildman–Crippen MR) is 69.5 cm³/mol. The van der Waals surface area contributed by atoms with Crippen molar-refractivity contribution in [1.29, 1.82) is 0 Å². The number of carbonyl (C=O) groups is 1. The molecule has 0 fully saturated rings. The van der Waals surface area contributed by atoms with E-state index in [1.165, 1.54) is 0 Å². The lowest BCUT2D eigenvalue weighted by atomic mass is 10.0. The van der Waals surface area contributed by atoms with Gasteiger partial charge in [-0.05, 0) is 31.4 Å². The fourth-order valence-corrected chi connectivity index (χ4v) is 2.01. The minimum Gasteiger partial charge on any atom is -0.481 e. The maximum Gasteiger partial charge on any atom is 0.303 e. The van der Waals surface area contributed by atoms with E-state index in [-0.39, 0.29) is 6.42 Å². The second-order valence-corrected chi connectivity index (χ2v) is 4.38. The minimum atomic E-state index is -0.790. The topological polar surface area (TPSA) is 66.0 Å². The third kappa shape index (κ3) is 2.42. The molecule has 4 heteroatoms. The molecule has 1 heterocycles. The van der Waals surface area contributed by atoms with Crippen LogP contribution in [-0.4, -0.2) is 21.3 Å². The standard InChI is InChI=1S/C14H16N2O2/c1-9-5-3-4-6-11(9)14-10(2)12(15-16-14)7-8-13(17)18/h3-6H,7-8H2,1-2H3,(H,15,16)(H,17,18). The van der Waals surface area contributed by atoms with Gasteiger partial charge in [0.15, 0.2) is 0 Å². The van der Waals surface area contributed by atoms with Gasteiger partial charge < -0.3 is 5.11 Å². The Bertz CT molecular complexity index is 573. The zero-order valence-electron chi connectivity index (χ0n) is 10.5. The molecule has 2 rings (SSSR count). The molecular formula is C14H16N2O2. The summed E-state index contributed by atoms with van der Waals surface area (Å²) >= 11 is 0. The van der Waals surface area contributed by atoms with Gasteiger partial charge in [-0.15, -0.1) is 0 Å². The van der Waals surface area contributed by atoms with Gasteiger partial charge in [0.1, 0.15) is 0 Å². The summed E-state index contributed by atoms with van der Waals surface area (Å²) in [5.74, 6) is -0.790. The van der Waals surface area contributed by atoms with E-state index in [2.05, 4.69) is 10.2 Å². The van der Waals surface area contributed by atoms with Crippen molar-refractivity contribution < 1.29 is 9.90 Å². The molecule has 0 saturated carbocycles. The summed E-state index contributed by atoms with van der Waals surface area (Å²) in [5.41, 5.74) is 5.10. The van der Waals surface area contributed by atoms with Crippen molar-refractivity contribution in [3.05, 3.63) is 41.1 Å². The molecule has 0 bridgehead atoms. The summed E-state index contributed by atoms with van der Waals surface area (Å²) < 4.78 is 0. The van der Waals surface area contributed by atoms with Gasteiger partial charge >= 0.3 is 5.97 Å². The molecule has 0 aliphatic heterocycles. The van der Waals surface area contributed by atoms with Crippen molar-refractivity contribution in [3.8, 4) is 11.3 Å². The molecule has 2 N–H and O–H groups in total. The number of hydrogen-bond donors (Lipinski definition) is 2. The lowest BCUT2D eigenvalue weighted by molar-refractivity contribution is -0.136. The van der Waals surface area contributed by atoms with Gasteiger partial charge in [0, 0.05) is 11.3 Å². The van der Waals surface area contributed by atoms with Gasteiger partial charge in [-0.25, -0.2) is 0 Å². The Hall–Kier alpha value is -2.10. The van der Waals surface area contributed by atoms with E-state index in [9.17, 15) is 4.79 Å². The maximum absolute atomic E-state index is 10.6. The minimum absolute atomic E-state index is 0.121. The molecular weight excluding hydrogens is 228 g/mol. The van der Waals surface area contributed by atoms with Crippen LogP contribution >= 0.6 is 0 Å². The number of H-pyrrole nitrogens is 1. The number of hydrogen-bond acceptors (Lipinski definition) is 2. The highest BCUT2D eigenvalue weighted by molar-refractivity contribution is 5.69. The van der Waals surface area contributed by atoms with Crippen LogP contribution in [0, 0.1) is 13.8 Å². The first-order chi connectivity index (χ1) is 8.59. The van der Waals surface area contributed by atoms with Crippen molar-refractivity contribution in [2.24, 2.45) is 0 Å². The lowest BCUT2D eigenvalue weighted by Crippen LogP contribution is -1.98. The predicted octanol–water partition coefficient (Wildman–Crippen LogP) is 2.71. The van der Waals surface area contributed by atoms with E-state index in [1.807, 2.05) is 38.1 Å². The number of rotatable bonds is 4. The Labute approximate surface area is 106 Å². The van der Waals surface area contributed by atoms with Crippen molar-refractivity contribution in [1.82, 2.24) is 10.2 Å². The van der Waals surface area contributed by atoms with Crippen LogP contribution in [0.3, 0.4) is 0 Å². The fraction of sp³-hybridized carbons (Fsp3) is 0.286. The Morgan fingerprint density at radius 3 is 2.72 bits per heavy atom. The normalized spacial score (nSPS) is 10.6. The van der Waals surface area contributed by atoms with Crippen molar-refractivity contribution in [2.45, 2.75) is 26.7 Å². The second kappa shape index (κ2) is 5.04. The summed E-state index contributed by atoms with van der Waals surface area (Å²) in [6, 6.07) is 8.04. The van der Waals surface area contributed by atoms with Crippen LogP contribution in [0.5, 0.6) is 0 Å². The van der Waals surface area contributed by atoms with Gasteiger partial charge in [-0.3, -0.25) is 9.89 Å². The van der Waals surface area contributed by atoms with Gasteiger partial charge in [-0.1, -0.05) is 24.3 Å². The summed E-state index contributed by atoms with van der Waals surface area (Å²) in [6.07, 6.45) is 0.607. The summed E-state index contributed by atoms with van der Waals surface area (Å²) in [5, 5.41) is 15.9. The second-order valence-electron chi connectivity index (χ2n) is 4.38. The van der Waals surface area contributed by atoms with Crippen molar-refractivity contribution in [3.63, 3.8) is 0 Å². The van der Waals surface area contributed by atoms with Gasteiger partial charge in [-0.2, -0.15) is 5.10 Å². The lowest BCUT2D eigenvalue weighted by Gasteiger charge is -2.03. The molecule has 18 heavy (non-hydrogen) atoms. The molecule has 94 valence electrons. The summed E-state index contributed by atoms with van der Waals surface area (Å²) in [7, 11) is 0. The quantitative estimate of drug-likeness (QED) is 0.869. The molecule has 1 aromatic heterocycles. The first-order valence-electron chi connectivity index (χ1n) is 5.91. The molecule has 0 aliphatic rings. The number of nitrogens with zero attached hydrogens (tertiary/aromatic N) is 1. The Morgan fingerprint density at radius 2 is 2.06 bits per heavy atom. The highest BCUT2D eigenvalue weighted by atomic mass is 16.4. The van der Waals surface area contributed by atoms with E-state index in [0.717, 1.165) is 28.1 Å². The Balaban J connectivity index is 2.31. The largest absolute Gasteiger partial charge is 0.481 e. The highest BCUT2D eigenvalue weighted by Gasteiger charge is 2.13. The molecule has 0 amide bonds. The monoisotopic (exact) mass is 244 g/mol. The molecule has 0 saturated heterocycles. The van der Waals surface area contributed by atoms with Gasteiger partial charge in [0.2, 0.25) is 0 Å². The Morgan fingerprint density at radius 1 is 1.33 bits per heavy atom. The van der Waals surface area contributed by atoms with Crippen LogP contribution in [0.25, 0.3) is 11.3 Å². The van der Waals surface area contributed by atoms with Crippen LogP contribution in [0.4, 0.5) is 0 Å². The van der Waals surface area contributed by atoms with Crippen LogP contribution < -0.4 is 0 Å². The average molecular weight is 244 g/mol. The molecule has 1 aromatic carbocycles. The van der Waals surface area contributed by atoms with E-state index >= 15 is 0 Å². The number of aromatic amines is 1. The molecule has 0 unspecified atom stereocenters. The first kappa shape index (κ1) is 12.4. The number of aromatic nitrogens is 2. The van der Waals surface area contributed by atoms with E-state index in [0.29, 0.717) is 6.42 Å². The molecule has 0 radical (unpaired) electrons. The fourth-order valence-electron chi connectivity index (χ4n) is 2.01. The smallest absolute Gasteiger partial charge is 0.303 e. The third-order valence-electron chi connectivity index (χ3n) is 3.10. The number of carboxylic acids is 1. The van der Waals surface area contributed by atoms with Crippen molar-refractivity contribution in [2.75, 3.05) is 0 Å². The number of aryl methyl sites for hydroxylation is 2. The summed E-state index contributed by atoms with van der Waals surface area (Å²) in [4.78, 5) is 10.6. The zero-order chi connectivity index (χ0) is 13.1. The molecule has 2 aromatic rings. The number of benzene rings is 1. The van der Waals surface area contributed by atoms with Crippen LogP contribution in [0.15, 0.2) is 24.3 Å². The number of carboxylic acid groups (broad SMARTS) is 1. The Kier molecular flexibility index (Phi) is 3.46. The molecule has 0 atom stereocenters. The maximum atomic E-state index is 10.6. The van der Waals surface area contributed by atoms with E-state index in [4.69, 9.17) is 5.11 Å². The van der Waals surface area contributed by atoms with E-state index in [1.54, 1.807) is 0 Å². The van der Waals surface area contributed by atoms with Crippen LogP contribution in [-0.2, 0) is 11.2 Å². The molecule has 4 nitrogen and oxygen atoms in total. The van der Waals surface area contributed by atoms with Gasteiger partial charge in [0.25, 0.3) is 0 Å².